The van der Waals surface area contributed by atoms with E-state index >= 15 is 0 Å². The molecule has 0 aliphatic carbocycles. The molecule has 2 aromatic rings. The molecule has 110 valence electrons. The molecule has 1 aromatic carbocycles. The number of esters is 1. The highest BCUT2D eigenvalue weighted by Crippen LogP contribution is 2.21. The van der Waals surface area contributed by atoms with E-state index in [-0.39, 0.29) is 11.4 Å². The van der Waals surface area contributed by atoms with Crippen LogP contribution in [0.5, 0.6) is 0 Å². The molecule has 1 heterocycles. The highest BCUT2D eigenvalue weighted by molar-refractivity contribution is 6.04. The zero-order valence-corrected chi connectivity index (χ0v) is 11.2. The van der Waals surface area contributed by atoms with E-state index in [4.69, 9.17) is 4.42 Å². The van der Waals surface area contributed by atoms with Gasteiger partial charge in [-0.1, -0.05) is 0 Å². The first kappa shape index (κ1) is 14.7. The van der Waals surface area contributed by atoms with E-state index in [1.54, 1.807) is 13.0 Å². The van der Waals surface area contributed by atoms with Gasteiger partial charge in [0, 0.05) is 11.6 Å². The van der Waals surface area contributed by atoms with Crippen molar-refractivity contribution >= 4 is 17.6 Å². The molecule has 0 aliphatic heterocycles. The lowest BCUT2D eigenvalue weighted by Gasteiger charge is -2.08. The molecule has 5 nitrogen and oxygen atoms in total. The van der Waals surface area contributed by atoms with Crippen molar-refractivity contribution in [1.82, 2.24) is 0 Å². The number of methoxy groups -OCH3 is 1. The fourth-order valence-electron chi connectivity index (χ4n) is 1.70. The smallest absolute Gasteiger partial charge is 0.340 e. The lowest BCUT2D eigenvalue weighted by molar-refractivity contribution is 0.0595. The molecule has 0 saturated carbocycles. The van der Waals surface area contributed by atoms with Crippen LogP contribution in [0.15, 0.2) is 28.9 Å². The van der Waals surface area contributed by atoms with Gasteiger partial charge in [-0.3, -0.25) is 4.79 Å². The molecule has 0 fully saturated rings. The molecule has 0 unspecified atom stereocenters. The van der Waals surface area contributed by atoms with Crippen molar-refractivity contribution in [1.29, 1.82) is 0 Å². The van der Waals surface area contributed by atoms with Crippen LogP contribution in [-0.2, 0) is 4.74 Å². The number of rotatable bonds is 3. The number of aryl methyl sites for hydroxylation is 1. The van der Waals surface area contributed by atoms with Gasteiger partial charge in [-0.25, -0.2) is 13.6 Å². The van der Waals surface area contributed by atoms with Crippen LogP contribution < -0.4 is 5.32 Å². The average molecular weight is 295 g/mol. The first-order valence-corrected chi connectivity index (χ1v) is 5.87. The van der Waals surface area contributed by atoms with Gasteiger partial charge in [0.1, 0.15) is 11.6 Å². The molecule has 0 saturated heterocycles. The van der Waals surface area contributed by atoms with Gasteiger partial charge in [0.2, 0.25) is 0 Å². The first-order valence-electron chi connectivity index (χ1n) is 5.87. The molecule has 0 spiro atoms. The summed E-state index contributed by atoms with van der Waals surface area (Å²) in [6, 6.07) is 2.93. The van der Waals surface area contributed by atoms with Gasteiger partial charge in [-0.15, -0.1) is 0 Å². The van der Waals surface area contributed by atoms with Crippen molar-refractivity contribution in [2.45, 2.75) is 6.92 Å². The van der Waals surface area contributed by atoms with Crippen molar-refractivity contribution < 1.29 is 27.5 Å². The topological polar surface area (TPSA) is 68.5 Å². The highest BCUT2D eigenvalue weighted by atomic mass is 19.1. The molecule has 7 heteroatoms. The predicted molar refractivity (Wildman–Crippen MR) is 69.1 cm³/mol. The molecular formula is C14H11F2NO4. The Balaban J connectivity index is 2.34. The first-order chi connectivity index (χ1) is 9.93. The number of hydrogen-bond acceptors (Lipinski definition) is 4. The van der Waals surface area contributed by atoms with E-state index in [0.717, 1.165) is 13.2 Å². The van der Waals surface area contributed by atoms with Gasteiger partial charge in [-0.05, 0) is 19.1 Å². The van der Waals surface area contributed by atoms with E-state index in [1.165, 1.54) is 6.26 Å². The number of ether oxygens (including phenoxy) is 1. The van der Waals surface area contributed by atoms with Gasteiger partial charge in [-0.2, -0.15) is 0 Å². The second kappa shape index (κ2) is 5.74. The fraction of sp³-hybridized carbons (Fsp3) is 0.143. The molecule has 0 radical (unpaired) electrons. The maximum absolute atomic E-state index is 13.7. The molecule has 21 heavy (non-hydrogen) atoms. The number of anilines is 1. The zero-order valence-electron chi connectivity index (χ0n) is 11.2. The normalized spacial score (nSPS) is 10.3. The Morgan fingerprint density at radius 1 is 1.24 bits per heavy atom. The summed E-state index contributed by atoms with van der Waals surface area (Å²) in [5.74, 6) is -3.78. The van der Waals surface area contributed by atoms with Crippen molar-refractivity contribution in [3.63, 3.8) is 0 Å². The minimum atomic E-state index is -1.08. The van der Waals surface area contributed by atoms with E-state index < -0.39 is 29.1 Å². The van der Waals surface area contributed by atoms with E-state index in [2.05, 4.69) is 10.1 Å². The summed E-state index contributed by atoms with van der Waals surface area (Å²) in [5.41, 5.74) is -0.272. The maximum Gasteiger partial charge on any atom is 0.340 e. The highest BCUT2D eigenvalue weighted by Gasteiger charge is 2.19. The number of hydrogen-bond donors (Lipinski definition) is 1. The third-order valence-electron chi connectivity index (χ3n) is 2.78. The molecule has 1 aromatic heterocycles. The van der Waals surface area contributed by atoms with Crippen LogP contribution in [0.1, 0.15) is 26.5 Å². The molecule has 2 rings (SSSR count). The Bertz CT molecular complexity index is 709. The summed E-state index contributed by atoms with van der Waals surface area (Å²) in [7, 11) is 1.07. The van der Waals surface area contributed by atoms with Gasteiger partial charge in [0.25, 0.3) is 5.91 Å². The monoisotopic (exact) mass is 295 g/mol. The largest absolute Gasteiger partial charge is 0.465 e. The predicted octanol–water partition coefficient (Wildman–Crippen LogP) is 2.91. The minimum Gasteiger partial charge on any atom is -0.465 e. The third kappa shape index (κ3) is 2.91. The molecule has 0 bridgehead atoms. The Hall–Kier alpha value is -2.70. The Kier molecular flexibility index (Phi) is 4.02. The average Bonchev–Trinajstić information content (AvgIpc) is 2.87. The van der Waals surface area contributed by atoms with Gasteiger partial charge < -0.3 is 14.5 Å². The molecule has 1 N–H and O–H groups in total. The fourth-order valence-corrected chi connectivity index (χ4v) is 1.70. The van der Waals surface area contributed by atoms with E-state index in [9.17, 15) is 18.4 Å². The van der Waals surface area contributed by atoms with E-state index in [1.807, 2.05) is 0 Å². The summed E-state index contributed by atoms with van der Waals surface area (Å²) in [4.78, 5) is 23.3. The van der Waals surface area contributed by atoms with Crippen LogP contribution in [-0.4, -0.2) is 19.0 Å². The van der Waals surface area contributed by atoms with Crippen molar-refractivity contribution in [2.24, 2.45) is 0 Å². The number of furan rings is 1. The standard InChI is InChI=1S/C14H11F2NO4/c1-7-3-4-21-12(7)13(18)17-11-5-8(14(19)20-2)9(15)6-10(11)16/h3-6H,1-2H3,(H,17,18). The summed E-state index contributed by atoms with van der Waals surface area (Å²) >= 11 is 0. The molecular weight excluding hydrogens is 284 g/mol. The van der Waals surface area contributed by atoms with Gasteiger partial charge >= 0.3 is 5.97 Å². The quantitative estimate of drug-likeness (QED) is 0.884. The van der Waals surface area contributed by atoms with Crippen LogP contribution >= 0.6 is 0 Å². The molecule has 0 aliphatic rings. The Labute approximate surface area is 118 Å². The van der Waals surface area contributed by atoms with Crippen LogP contribution in [0.2, 0.25) is 0 Å². The number of halogens is 2. The maximum atomic E-state index is 13.7. The van der Waals surface area contributed by atoms with Gasteiger partial charge in [0.15, 0.2) is 5.76 Å². The second-order valence-corrected chi connectivity index (χ2v) is 4.19. The number of amides is 1. The van der Waals surface area contributed by atoms with Gasteiger partial charge in [0.05, 0.1) is 24.6 Å². The third-order valence-corrected chi connectivity index (χ3v) is 2.78. The SMILES string of the molecule is COC(=O)c1cc(NC(=O)c2occc2C)c(F)cc1F. The zero-order chi connectivity index (χ0) is 15.6. The van der Waals surface area contributed by atoms with Crippen LogP contribution in [0.3, 0.4) is 0 Å². The summed E-state index contributed by atoms with van der Waals surface area (Å²) < 4.78 is 36.5. The van der Waals surface area contributed by atoms with Crippen LogP contribution in [0, 0.1) is 18.6 Å². The number of carbonyl (C=O) groups is 2. The number of benzene rings is 1. The molecule has 0 atom stereocenters. The summed E-state index contributed by atoms with van der Waals surface area (Å²) in [5, 5.41) is 2.22. The lowest BCUT2D eigenvalue weighted by Crippen LogP contribution is -2.15. The molecule has 1 amide bonds. The second-order valence-electron chi connectivity index (χ2n) is 4.19. The van der Waals surface area contributed by atoms with Crippen molar-refractivity contribution in [3.8, 4) is 0 Å². The number of carbonyl (C=O) groups excluding carboxylic acids is 2. The Morgan fingerprint density at radius 3 is 2.52 bits per heavy atom. The lowest BCUT2D eigenvalue weighted by atomic mass is 10.1. The van der Waals surface area contributed by atoms with Crippen molar-refractivity contribution in [3.05, 3.63) is 53.0 Å². The van der Waals surface area contributed by atoms with Crippen LogP contribution in [0.25, 0.3) is 0 Å². The minimum absolute atomic E-state index is 0.00153. The van der Waals surface area contributed by atoms with E-state index in [0.29, 0.717) is 11.6 Å². The van der Waals surface area contributed by atoms with Crippen molar-refractivity contribution in [2.75, 3.05) is 12.4 Å². The summed E-state index contributed by atoms with van der Waals surface area (Å²) in [6.45, 7) is 1.64. The summed E-state index contributed by atoms with van der Waals surface area (Å²) in [6.07, 6.45) is 1.31. The Morgan fingerprint density at radius 2 is 1.95 bits per heavy atom. The number of nitrogens with one attached hydrogen (secondary N) is 1. The van der Waals surface area contributed by atoms with Crippen LogP contribution in [0.4, 0.5) is 14.5 Å².